The molecule has 3 amide bonds. The van der Waals surface area contributed by atoms with Crippen LogP contribution in [0.25, 0.3) is 11.1 Å². The third-order valence-corrected chi connectivity index (χ3v) is 11.4. The summed E-state index contributed by atoms with van der Waals surface area (Å²) in [5, 5.41) is 8.54. The molecule has 4 atom stereocenters. The minimum atomic E-state index is -3.82. The number of carbonyl (C=O) groups is 3. The van der Waals surface area contributed by atoms with Crippen molar-refractivity contribution in [1.82, 2.24) is 14.9 Å². The van der Waals surface area contributed by atoms with Gasteiger partial charge in [0.15, 0.2) is 0 Å². The summed E-state index contributed by atoms with van der Waals surface area (Å²) in [6, 6.07) is 18.3. The maximum Gasteiger partial charge on any atom is 0.264 e. The van der Waals surface area contributed by atoms with Crippen molar-refractivity contribution >= 4 is 44.8 Å². The quantitative estimate of drug-likeness (QED) is 0.215. The van der Waals surface area contributed by atoms with E-state index in [2.05, 4.69) is 21.8 Å². The number of nitrogens with zero attached hydrogens (tertiary/aromatic N) is 2. The lowest BCUT2D eigenvalue weighted by atomic mass is 10.1. The van der Waals surface area contributed by atoms with Crippen LogP contribution in [-0.4, -0.2) is 66.2 Å². The van der Waals surface area contributed by atoms with Crippen LogP contribution in [0.15, 0.2) is 83.9 Å². The molecule has 0 spiro atoms. The minimum absolute atomic E-state index is 0.106. The Balaban J connectivity index is 1.13. The number of sulfonamides is 1. The summed E-state index contributed by atoms with van der Waals surface area (Å²) >= 11 is 1.27. The summed E-state index contributed by atoms with van der Waals surface area (Å²) in [5.74, 6) is -2.12. The van der Waals surface area contributed by atoms with E-state index in [1.807, 2.05) is 48.5 Å². The SMILES string of the molecule is C=C[C@@H]1C[C@@]1(NC(=O)C1CC(ON=C2c3ccccc3-c3ccccc32)CN1C(=O)c1cccs1)C(=O)NS(=O)(=O)C1CC1. The van der Waals surface area contributed by atoms with Crippen LogP contribution < -0.4 is 10.0 Å². The number of benzene rings is 2. The molecule has 44 heavy (non-hydrogen) atoms. The molecule has 4 aliphatic rings. The second-order valence-electron chi connectivity index (χ2n) is 11.6. The Morgan fingerprint density at radius 2 is 1.66 bits per heavy atom. The molecule has 1 aliphatic heterocycles. The third-order valence-electron chi connectivity index (χ3n) is 8.75. The molecule has 3 aromatic rings. The molecular weight excluding hydrogens is 601 g/mol. The number of hydrogen-bond acceptors (Lipinski definition) is 8. The third kappa shape index (κ3) is 4.91. The van der Waals surface area contributed by atoms with Crippen LogP contribution in [0.3, 0.4) is 0 Å². The first-order chi connectivity index (χ1) is 21.2. The first kappa shape index (κ1) is 28.5. The number of nitrogens with one attached hydrogen (secondary N) is 2. The predicted molar refractivity (Wildman–Crippen MR) is 165 cm³/mol. The summed E-state index contributed by atoms with van der Waals surface area (Å²) in [7, 11) is -3.82. The molecule has 226 valence electrons. The van der Waals surface area contributed by atoms with Gasteiger partial charge in [0.25, 0.3) is 11.8 Å². The maximum absolute atomic E-state index is 13.8. The normalized spacial score (nSPS) is 25.0. The molecule has 7 rings (SSSR count). The molecule has 1 saturated heterocycles. The lowest BCUT2D eigenvalue weighted by Gasteiger charge is -2.26. The highest BCUT2D eigenvalue weighted by Crippen LogP contribution is 2.45. The Bertz CT molecular complexity index is 1770. The van der Waals surface area contributed by atoms with Crippen molar-refractivity contribution in [1.29, 1.82) is 0 Å². The zero-order valence-electron chi connectivity index (χ0n) is 23.6. The molecule has 0 radical (unpaired) electrons. The van der Waals surface area contributed by atoms with Crippen LogP contribution in [0.4, 0.5) is 0 Å². The highest BCUT2D eigenvalue weighted by Gasteiger charge is 2.62. The number of oxime groups is 1. The number of likely N-dealkylation sites (tertiary alicyclic amines) is 1. The smallest absolute Gasteiger partial charge is 0.264 e. The van der Waals surface area contributed by atoms with Gasteiger partial charge >= 0.3 is 0 Å². The van der Waals surface area contributed by atoms with E-state index >= 15 is 0 Å². The molecule has 2 N–H and O–H groups in total. The van der Waals surface area contributed by atoms with Crippen molar-refractivity contribution in [2.24, 2.45) is 11.1 Å². The topological polar surface area (TPSA) is 134 Å². The molecule has 2 saturated carbocycles. The summed E-state index contributed by atoms with van der Waals surface area (Å²) in [6.45, 7) is 3.86. The molecule has 0 bridgehead atoms. The van der Waals surface area contributed by atoms with Gasteiger partial charge in [-0.15, -0.1) is 17.9 Å². The maximum atomic E-state index is 13.8. The van der Waals surface area contributed by atoms with Crippen LogP contribution in [-0.2, 0) is 24.4 Å². The van der Waals surface area contributed by atoms with E-state index in [0.717, 1.165) is 22.3 Å². The average molecular weight is 631 g/mol. The van der Waals surface area contributed by atoms with Gasteiger partial charge in [0.1, 0.15) is 23.4 Å². The molecule has 2 aromatic carbocycles. The van der Waals surface area contributed by atoms with Crippen molar-refractivity contribution in [3.05, 3.63) is 94.7 Å². The number of thiophene rings is 1. The summed E-state index contributed by atoms with van der Waals surface area (Å²) in [6.07, 6.45) is 2.28. The van der Waals surface area contributed by atoms with Gasteiger partial charge in [-0.3, -0.25) is 19.1 Å². The second kappa shape index (κ2) is 10.7. The van der Waals surface area contributed by atoms with Crippen LogP contribution in [0.2, 0.25) is 0 Å². The predicted octanol–water partition coefficient (Wildman–Crippen LogP) is 3.45. The van der Waals surface area contributed by atoms with E-state index < -0.39 is 50.7 Å². The van der Waals surface area contributed by atoms with E-state index in [0.29, 0.717) is 23.4 Å². The van der Waals surface area contributed by atoms with Crippen LogP contribution >= 0.6 is 11.3 Å². The zero-order chi connectivity index (χ0) is 30.6. The van der Waals surface area contributed by atoms with Crippen molar-refractivity contribution in [2.45, 2.75) is 48.6 Å². The average Bonchev–Trinajstić information content (AvgIpc) is 3.84. The van der Waals surface area contributed by atoms with E-state index in [1.165, 1.54) is 22.3 Å². The van der Waals surface area contributed by atoms with Gasteiger partial charge in [0.05, 0.1) is 16.7 Å². The fourth-order valence-corrected chi connectivity index (χ4v) is 8.17. The van der Waals surface area contributed by atoms with Crippen LogP contribution in [0, 0.1) is 5.92 Å². The highest BCUT2D eigenvalue weighted by atomic mass is 32.2. The fourth-order valence-electron chi connectivity index (χ4n) is 6.13. The lowest BCUT2D eigenvalue weighted by molar-refractivity contribution is -0.131. The number of rotatable bonds is 9. The fraction of sp³-hybridized carbons (Fsp3) is 0.312. The monoisotopic (exact) mass is 630 g/mol. The molecule has 12 heteroatoms. The van der Waals surface area contributed by atoms with Gasteiger partial charge in [0.2, 0.25) is 15.9 Å². The number of carbonyl (C=O) groups excluding carboxylic acids is 3. The van der Waals surface area contributed by atoms with Gasteiger partial charge < -0.3 is 15.1 Å². The van der Waals surface area contributed by atoms with E-state index in [1.54, 1.807) is 17.5 Å². The van der Waals surface area contributed by atoms with Crippen LogP contribution in [0.5, 0.6) is 0 Å². The molecular formula is C32H30N4O6S2. The van der Waals surface area contributed by atoms with Crippen molar-refractivity contribution < 1.29 is 27.6 Å². The van der Waals surface area contributed by atoms with Crippen molar-refractivity contribution in [3.8, 4) is 11.1 Å². The Labute approximate surface area is 258 Å². The van der Waals surface area contributed by atoms with Gasteiger partial charge in [-0.2, -0.15) is 0 Å². The van der Waals surface area contributed by atoms with E-state index in [-0.39, 0.29) is 25.3 Å². The Kier molecular flexibility index (Phi) is 6.93. The van der Waals surface area contributed by atoms with Gasteiger partial charge in [0, 0.05) is 23.5 Å². The van der Waals surface area contributed by atoms with Crippen LogP contribution in [0.1, 0.15) is 46.5 Å². The highest BCUT2D eigenvalue weighted by molar-refractivity contribution is 7.91. The van der Waals surface area contributed by atoms with Crippen molar-refractivity contribution in [2.75, 3.05) is 6.54 Å². The minimum Gasteiger partial charge on any atom is -0.390 e. The van der Waals surface area contributed by atoms with Crippen molar-refractivity contribution in [3.63, 3.8) is 0 Å². The first-order valence-corrected chi connectivity index (χ1v) is 16.9. The Morgan fingerprint density at radius 3 is 2.23 bits per heavy atom. The molecule has 3 aliphatic carbocycles. The summed E-state index contributed by atoms with van der Waals surface area (Å²) in [4.78, 5) is 48.6. The summed E-state index contributed by atoms with van der Waals surface area (Å²) < 4.78 is 27.2. The largest absolute Gasteiger partial charge is 0.390 e. The van der Waals surface area contributed by atoms with E-state index in [4.69, 9.17) is 4.84 Å². The molecule has 2 heterocycles. The number of hydrogen-bond donors (Lipinski definition) is 2. The Hall–Kier alpha value is -4.29. The lowest BCUT2D eigenvalue weighted by Crippen LogP contribution is -2.56. The zero-order valence-corrected chi connectivity index (χ0v) is 25.3. The number of amides is 3. The molecule has 10 nitrogen and oxygen atoms in total. The number of fused-ring (bicyclic) bond motifs is 3. The second-order valence-corrected chi connectivity index (χ2v) is 14.5. The van der Waals surface area contributed by atoms with Gasteiger partial charge in [-0.1, -0.05) is 65.8 Å². The molecule has 1 aromatic heterocycles. The standard InChI is InChI=1S/C32H30N4O6S2/c1-2-19-17-32(19,31(39)35-44(40,41)21-13-14-21)33-29(37)26-16-20(18-36(26)30(38)27-12-7-15-43-27)42-34-28-24-10-5-3-8-22(24)23-9-4-6-11-25(23)28/h2-12,15,19-21,26H,1,13-14,16-18H2,(H,33,37)(H,35,39)/t19-,20?,26?,32+/m1/s1. The first-order valence-electron chi connectivity index (χ1n) is 14.5. The molecule has 2 unspecified atom stereocenters. The summed E-state index contributed by atoms with van der Waals surface area (Å²) in [5.41, 5.74) is 3.21. The van der Waals surface area contributed by atoms with E-state index in [9.17, 15) is 22.8 Å². The van der Waals surface area contributed by atoms with Gasteiger partial charge in [-0.05, 0) is 41.8 Å². The van der Waals surface area contributed by atoms with Gasteiger partial charge in [-0.25, -0.2) is 8.42 Å². The Morgan fingerprint density at radius 1 is 1.00 bits per heavy atom. The molecule has 3 fully saturated rings.